The first kappa shape index (κ1) is 46.2. The summed E-state index contributed by atoms with van der Waals surface area (Å²) in [7, 11) is -2.21. The maximum Gasteiger partial charge on any atom is 0.508 e. The number of amides is 2. The minimum atomic E-state index is -4.53. The average Bonchev–Trinajstić information content (AvgIpc) is 3.44. The summed E-state index contributed by atoms with van der Waals surface area (Å²) in [5.74, 6) is -3.78. The Hall–Kier alpha value is -4.17. The van der Waals surface area contributed by atoms with Crippen molar-refractivity contribution in [1.82, 2.24) is 10.6 Å². The van der Waals surface area contributed by atoms with Crippen LogP contribution in [0.1, 0.15) is 58.9 Å². The number of esters is 3. The van der Waals surface area contributed by atoms with Crippen LogP contribution in [0.5, 0.6) is 0 Å². The Balaban J connectivity index is 1.60. The Morgan fingerprint density at radius 1 is 0.821 bits per heavy atom. The zero-order valence-electron chi connectivity index (χ0n) is 32.1. The van der Waals surface area contributed by atoms with Gasteiger partial charge in [0, 0.05) is 60.9 Å². The molecule has 3 rings (SSSR count). The van der Waals surface area contributed by atoms with E-state index < -0.39 is 98.5 Å². The first-order valence-corrected chi connectivity index (χ1v) is 19.3. The van der Waals surface area contributed by atoms with Gasteiger partial charge in [0.25, 0.3) is 0 Å². The number of rotatable bonds is 20. The van der Waals surface area contributed by atoms with Crippen LogP contribution in [0, 0.1) is 5.92 Å². The predicted molar refractivity (Wildman–Crippen MR) is 189 cm³/mol. The largest absolute Gasteiger partial charge is 0.508 e. The van der Waals surface area contributed by atoms with E-state index in [1.165, 1.54) is 21.0 Å². The van der Waals surface area contributed by atoms with Crippen molar-refractivity contribution in [3.8, 4) is 0 Å². The number of phosphoric ester groups is 1. The molecule has 10 atom stereocenters. The molecule has 1 aliphatic heterocycles. The third kappa shape index (κ3) is 15.1. The molecule has 1 aromatic carbocycles. The van der Waals surface area contributed by atoms with Crippen molar-refractivity contribution in [3.05, 3.63) is 35.9 Å². The van der Waals surface area contributed by atoms with Crippen LogP contribution < -0.4 is 10.6 Å². The normalized spacial score (nSPS) is 26.9. The molecule has 2 aliphatic rings. The van der Waals surface area contributed by atoms with Crippen LogP contribution >= 0.6 is 7.82 Å². The number of benzene rings is 1. The van der Waals surface area contributed by atoms with E-state index in [2.05, 4.69) is 15.2 Å². The molecule has 1 aliphatic carbocycles. The SMILES string of the molecule is CO[C@H]1C(OP(=O)(O)OC)[C@@H](COC(=O)OCc2ccccc2)C[C@@H]1NC(=O)CCCCO[C@@H]1O[C@H](COC(C)=O)[C@H](OC(C)=O)[C@H](OC(C)=O)[C@H]1NC(C)=O. The van der Waals surface area contributed by atoms with E-state index in [1.54, 1.807) is 24.3 Å². The molecule has 0 aromatic heterocycles. The van der Waals surface area contributed by atoms with Crippen LogP contribution in [0.4, 0.5) is 4.79 Å². The Labute approximate surface area is 324 Å². The van der Waals surface area contributed by atoms with Gasteiger partial charge in [0.15, 0.2) is 18.5 Å². The van der Waals surface area contributed by atoms with Crippen molar-refractivity contribution >= 4 is 43.7 Å². The van der Waals surface area contributed by atoms with Crippen molar-refractivity contribution in [2.24, 2.45) is 5.92 Å². The van der Waals surface area contributed by atoms with Crippen LogP contribution in [0.15, 0.2) is 30.3 Å². The number of hydrogen-bond donors (Lipinski definition) is 3. The maximum absolute atomic E-state index is 13.1. The molecule has 21 heteroatoms. The molecule has 1 heterocycles. The molecule has 2 amide bonds. The average molecular weight is 819 g/mol. The highest BCUT2D eigenvalue weighted by Gasteiger charge is 2.52. The number of unbranched alkanes of at least 4 members (excludes halogenated alkanes) is 1. The smallest absolute Gasteiger partial charge is 0.463 e. The number of ether oxygens (including phenoxy) is 8. The second-order valence-corrected chi connectivity index (χ2v) is 14.5. The Bertz CT molecular complexity index is 1530. The lowest BCUT2D eigenvalue weighted by Crippen LogP contribution is -2.66. The first-order valence-electron chi connectivity index (χ1n) is 17.8. The fourth-order valence-electron chi connectivity index (χ4n) is 6.27. The number of carbonyl (C=O) groups excluding carboxylic acids is 6. The Morgan fingerprint density at radius 3 is 2.11 bits per heavy atom. The summed E-state index contributed by atoms with van der Waals surface area (Å²) >= 11 is 0. The highest BCUT2D eigenvalue weighted by Crippen LogP contribution is 2.48. The lowest BCUT2D eigenvalue weighted by molar-refractivity contribution is -0.277. The number of methoxy groups -OCH3 is 1. The summed E-state index contributed by atoms with van der Waals surface area (Å²) < 4.78 is 66.2. The topological polar surface area (TPSA) is 256 Å². The van der Waals surface area contributed by atoms with Crippen molar-refractivity contribution in [3.63, 3.8) is 0 Å². The van der Waals surface area contributed by atoms with Gasteiger partial charge in [0.1, 0.15) is 44.2 Å². The lowest BCUT2D eigenvalue weighted by atomic mass is 9.96. The van der Waals surface area contributed by atoms with E-state index in [0.717, 1.165) is 26.5 Å². The number of phosphoric acid groups is 1. The van der Waals surface area contributed by atoms with Gasteiger partial charge >= 0.3 is 31.9 Å². The number of nitrogens with one attached hydrogen (secondary N) is 2. The molecule has 0 bridgehead atoms. The fourth-order valence-corrected chi connectivity index (χ4v) is 6.96. The standard InChI is InChI=1S/C35H51N2O18P/c1-20(38)36-29-33(53-23(4)41)32(52-22(3)40)27(19-49-21(2)39)54-34(29)48-15-11-10-14-28(42)37-26-16-25(30(31(26)46-5)55-56(44,45)47-6)18-51-35(43)50-17-24-12-8-7-9-13-24/h7-9,12-13,25-27,29-34H,10-11,14-19H2,1-6H3,(H,36,38)(H,37,42)(H,44,45)/t25-,26+,27-,29-,30?,31-,32+,33-,34-/m1/s1. The molecule has 2 fully saturated rings. The van der Waals surface area contributed by atoms with Crippen LogP contribution in [0.2, 0.25) is 0 Å². The molecule has 56 heavy (non-hydrogen) atoms. The van der Waals surface area contributed by atoms with Crippen molar-refractivity contribution in [2.75, 3.05) is 34.0 Å². The molecule has 20 nitrogen and oxygen atoms in total. The monoisotopic (exact) mass is 818 g/mol. The minimum absolute atomic E-state index is 0.00564. The molecule has 2 unspecified atom stereocenters. The highest BCUT2D eigenvalue weighted by atomic mass is 31.2. The van der Waals surface area contributed by atoms with Crippen LogP contribution in [-0.4, -0.2) is 124 Å². The van der Waals surface area contributed by atoms with Gasteiger partial charge in [-0.15, -0.1) is 0 Å². The summed E-state index contributed by atoms with van der Waals surface area (Å²) in [6, 6.07) is 7.07. The van der Waals surface area contributed by atoms with E-state index in [4.69, 9.17) is 42.4 Å². The van der Waals surface area contributed by atoms with Crippen molar-refractivity contribution in [1.29, 1.82) is 0 Å². The van der Waals surface area contributed by atoms with Gasteiger partial charge in [-0.3, -0.25) is 33.0 Å². The Morgan fingerprint density at radius 2 is 1.50 bits per heavy atom. The summed E-state index contributed by atoms with van der Waals surface area (Å²) in [4.78, 5) is 83.3. The number of hydrogen-bond acceptors (Lipinski definition) is 17. The highest BCUT2D eigenvalue weighted by molar-refractivity contribution is 7.47. The van der Waals surface area contributed by atoms with Crippen LogP contribution in [-0.2, 0) is 82.1 Å². The van der Waals surface area contributed by atoms with Gasteiger partial charge in [0.05, 0.1) is 6.04 Å². The van der Waals surface area contributed by atoms with Crippen molar-refractivity contribution in [2.45, 2.75) is 109 Å². The minimum Gasteiger partial charge on any atom is -0.463 e. The van der Waals surface area contributed by atoms with E-state index in [-0.39, 0.29) is 39.3 Å². The molecule has 0 spiro atoms. The molecular formula is C35H51N2O18P. The van der Waals surface area contributed by atoms with Gasteiger partial charge < -0.3 is 53.4 Å². The predicted octanol–water partition coefficient (Wildman–Crippen LogP) is 1.83. The quantitative estimate of drug-likeness (QED) is 0.0734. The van der Waals surface area contributed by atoms with E-state index in [1.807, 2.05) is 6.07 Å². The third-order valence-electron chi connectivity index (χ3n) is 8.61. The summed E-state index contributed by atoms with van der Waals surface area (Å²) in [6.07, 6.45) is -7.23. The molecule has 0 radical (unpaired) electrons. The zero-order valence-corrected chi connectivity index (χ0v) is 33.0. The number of carbonyl (C=O) groups is 6. The molecule has 314 valence electrons. The molecule has 1 aromatic rings. The van der Waals surface area contributed by atoms with Gasteiger partial charge in [-0.25, -0.2) is 9.36 Å². The van der Waals surface area contributed by atoms with Gasteiger partial charge in [0.2, 0.25) is 11.8 Å². The zero-order chi connectivity index (χ0) is 41.4. The fraction of sp³-hybridized carbons (Fsp3) is 0.657. The Kier molecular flexibility index (Phi) is 18.6. The van der Waals surface area contributed by atoms with Crippen molar-refractivity contribution < 1.29 is 85.2 Å². The van der Waals surface area contributed by atoms with E-state index in [0.29, 0.717) is 12.8 Å². The molecule has 1 saturated heterocycles. The van der Waals surface area contributed by atoms with E-state index in [9.17, 15) is 38.2 Å². The van der Waals surface area contributed by atoms with Crippen LogP contribution in [0.25, 0.3) is 0 Å². The van der Waals surface area contributed by atoms with Gasteiger partial charge in [-0.1, -0.05) is 30.3 Å². The molecule has 1 saturated carbocycles. The van der Waals surface area contributed by atoms with Gasteiger partial charge in [-0.05, 0) is 24.8 Å². The first-order chi connectivity index (χ1) is 26.5. The molecule has 3 N–H and O–H groups in total. The summed E-state index contributed by atoms with van der Waals surface area (Å²) in [5, 5.41) is 5.46. The molecular weight excluding hydrogens is 767 g/mol. The summed E-state index contributed by atoms with van der Waals surface area (Å²) in [6.45, 7) is 3.93. The second kappa shape index (κ2) is 22.5. The van der Waals surface area contributed by atoms with Crippen LogP contribution in [0.3, 0.4) is 0 Å². The lowest BCUT2D eigenvalue weighted by Gasteiger charge is -2.44. The maximum atomic E-state index is 13.1. The third-order valence-corrected chi connectivity index (χ3v) is 9.58. The second-order valence-electron chi connectivity index (χ2n) is 13.0. The summed E-state index contributed by atoms with van der Waals surface area (Å²) in [5.41, 5.74) is 0.741. The van der Waals surface area contributed by atoms with E-state index >= 15 is 0 Å². The van der Waals surface area contributed by atoms with Gasteiger partial charge in [-0.2, -0.15) is 0 Å².